The van der Waals surface area contributed by atoms with Gasteiger partial charge in [-0.25, -0.2) is 14.6 Å². The standard InChI is InChI=1S/C27H31N5O5/c1-5-32(31-14-12-30(13-15-31)26(36)37-27(2,3)4)24(33)23-9-7-19(17-29-23)18-6-8-22-21(16-18)20(25(34)35)10-11-28-22/h6-11,16-17H,5,12-15H2,1-4H3,(H,34,35). The third-order valence-corrected chi connectivity index (χ3v) is 6.07. The lowest BCUT2D eigenvalue weighted by Crippen LogP contribution is -2.57. The average molecular weight is 506 g/mol. The van der Waals surface area contributed by atoms with Crippen LogP contribution in [0.2, 0.25) is 0 Å². The van der Waals surface area contributed by atoms with Crippen molar-refractivity contribution in [3.63, 3.8) is 0 Å². The number of ether oxygens (including phenoxy) is 1. The number of hydrogen-bond acceptors (Lipinski definition) is 7. The highest BCUT2D eigenvalue weighted by molar-refractivity contribution is 6.03. The van der Waals surface area contributed by atoms with Gasteiger partial charge in [0.05, 0.1) is 11.1 Å². The van der Waals surface area contributed by atoms with Crippen molar-refractivity contribution in [2.24, 2.45) is 0 Å². The average Bonchev–Trinajstić information content (AvgIpc) is 2.87. The second kappa shape index (κ2) is 10.5. The summed E-state index contributed by atoms with van der Waals surface area (Å²) in [5, 5.41) is 13.6. The summed E-state index contributed by atoms with van der Waals surface area (Å²) in [4.78, 5) is 47.5. The largest absolute Gasteiger partial charge is 0.478 e. The van der Waals surface area contributed by atoms with E-state index in [1.165, 1.54) is 12.3 Å². The molecule has 1 aromatic carbocycles. The van der Waals surface area contributed by atoms with Gasteiger partial charge in [-0.05, 0) is 57.5 Å². The zero-order valence-electron chi connectivity index (χ0n) is 21.5. The summed E-state index contributed by atoms with van der Waals surface area (Å²) >= 11 is 0. The number of hydrazine groups is 1. The van der Waals surface area contributed by atoms with Gasteiger partial charge in [-0.3, -0.25) is 19.8 Å². The molecule has 1 N–H and O–H groups in total. The second-order valence-corrected chi connectivity index (χ2v) is 9.77. The fraction of sp³-hybridized carbons (Fsp3) is 0.370. The molecule has 0 radical (unpaired) electrons. The Labute approximate surface area is 215 Å². The Kier molecular flexibility index (Phi) is 7.40. The van der Waals surface area contributed by atoms with Crippen molar-refractivity contribution in [3.05, 3.63) is 60.0 Å². The van der Waals surface area contributed by atoms with Crippen molar-refractivity contribution in [1.29, 1.82) is 0 Å². The number of carbonyl (C=O) groups is 3. The second-order valence-electron chi connectivity index (χ2n) is 9.77. The molecule has 3 aromatic rings. The van der Waals surface area contributed by atoms with Crippen LogP contribution in [-0.4, -0.2) is 86.3 Å². The Hall–Kier alpha value is -4.05. The van der Waals surface area contributed by atoms with Gasteiger partial charge in [0.1, 0.15) is 11.3 Å². The Bertz CT molecular complexity index is 1310. The van der Waals surface area contributed by atoms with E-state index in [2.05, 4.69) is 9.97 Å². The third kappa shape index (κ3) is 5.86. The van der Waals surface area contributed by atoms with Crippen molar-refractivity contribution >= 4 is 28.9 Å². The Morgan fingerprint density at radius 2 is 1.70 bits per heavy atom. The van der Waals surface area contributed by atoms with Gasteiger partial charge in [-0.15, -0.1) is 0 Å². The van der Waals surface area contributed by atoms with Crippen LogP contribution in [0.3, 0.4) is 0 Å². The highest BCUT2D eigenvalue weighted by Gasteiger charge is 2.30. The van der Waals surface area contributed by atoms with Gasteiger partial charge < -0.3 is 14.7 Å². The third-order valence-electron chi connectivity index (χ3n) is 6.07. The van der Waals surface area contributed by atoms with E-state index < -0.39 is 11.6 Å². The predicted molar refractivity (Wildman–Crippen MR) is 138 cm³/mol. The van der Waals surface area contributed by atoms with Crippen molar-refractivity contribution in [2.75, 3.05) is 32.7 Å². The summed E-state index contributed by atoms with van der Waals surface area (Å²) in [5.74, 6) is -1.24. The molecule has 3 heterocycles. The minimum atomic E-state index is -1.02. The Balaban J connectivity index is 1.46. The van der Waals surface area contributed by atoms with E-state index in [4.69, 9.17) is 4.74 Å². The molecule has 4 rings (SSSR count). The highest BCUT2D eigenvalue weighted by Crippen LogP contribution is 2.26. The topological polar surface area (TPSA) is 116 Å². The van der Waals surface area contributed by atoms with Crippen molar-refractivity contribution < 1.29 is 24.2 Å². The van der Waals surface area contributed by atoms with Gasteiger partial charge in [0.25, 0.3) is 5.91 Å². The molecule has 0 saturated carbocycles. The lowest BCUT2D eigenvalue weighted by Gasteiger charge is -2.40. The number of amides is 2. The van der Waals surface area contributed by atoms with Gasteiger partial charge in [-0.2, -0.15) is 0 Å². The number of carbonyl (C=O) groups excluding carboxylic acids is 2. The SMILES string of the molecule is CCN(C(=O)c1ccc(-c2ccc3nccc(C(=O)O)c3c2)cn1)N1CCN(C(=O)OC(C)(C)C)CC1. The highest BCUT2D eigenvalue weighted by atomic mass is 16.6. The predicted octanol–water partition coefficient (Wildman–Crippen LogP) is 3.92. The molecule has 2 amide bonds. The van der Waals surface area contributed by atoms with Crippen molar-refractivity contribution in [1.82, 2.24) is 24.9 Å². The van der Waals surface area contributed by atoms with Crippen molar-refractivity contribution in [2.45, 2.75) is 33.3 Å². The molecular formula is C27H31N5O5. The lowest BCUT2D eigenvalue weighted by atomic mass is 10.0. The van der Waals surface area contributed by atoms with Crippen LogP contribution in [0.5, 0.6) is 0 Å². The number of benzene rings is 1. The monoisotopic (exact) mass is 505 g/mol. The minimum absolute atomic E-state index is 0.178. The number of aromatic carboxylic acids is 1. The number of fused-ring (bicyclic) bond motifs is 1. The molecule has 0 unspecified atom stereocenters. The Morgan fingerprint density at radius 1 is 1.00 bits per heavy atom. The van der Waals surface area contributed by atoms with Crippen LogP contribution in [0.15, 0.2) is 48.8 Å². The minimum Gasteiger partial charge on any atom is -0.478 e. The maximum Gasteiger partial charge on any atom is 0.410 e. The number of rotatable bonds is 5. The molecule has 1 aliphatic heterocycles. The molecule has 0 bridgehead atoms. The molecule has 0 spiro atoms. The van der Waals surface area contributed by atoms with Gasteiger partial charge in [0, 0.05) is 56.1 Å². The number of hydrogen-bond donors (Lipinski definition) is 1. The lowest BCUT2D eigenvalue weighted by molar-refractivity contribution is -0.0410. The first kappa shape index (κ1) is 26.0. The molecule has 1 aliphatic rings. The number of nitrogens with zero attached hydrogens (tertiary/aromatic N) is 5. The molecule has 10 heteroatoms. The van der Waals surface area contributed by atoms with Crippen LogP contribution >= 0.6 is 0 Å². The van der Waals surface area contributed by atoms with E-state index in [0.717, 1.165) is 11.1 Å². The molecule has 37 heavy (non-hydrogen) atoms. The molecule has 1 fully saturated rings. The van der Waals surface area contributed by atoms with Gasteiger partial charge in [-0.1, -0.05) is 12.1 Å². The van der Waals surface area contributed by atoms with E-state index in [0.29, 0.717) is 49.3 Å². The number of pyridine rings is 2. The number of carboxylic acids is 1. The van der Waals surface area contributed by atoms with Crippen LogP contribution in [0.4, 0.5) is 4.79 Å². The molecule has 10 nitrogen and oxygen atoms in total. The first-order valence-corrected chi connectivity index (χ1v) is 12.2. The summed E-state index contributed by atoms with van der Waals surface area (Å²) in [6, 6.07) is 10.3. The van der Waals surface area contributed by atoms with E-state index in [9.17, 15) is 19.5 Å². The van der Waals surface area contributed by atoms with E-state index in [1.54, 1.807) is 40.4 Å². The maximum atomic E-state index is 13.3. The van der Waals surface area contributed by atoms with Crippen LogP contribution < -0.4 is 0 Å². The smallest absolute Gasteiger partial charge is 0.410 e. The van der Waals surface area contributed by atoms with E-state index in [1.807, 2.05) is 38.8 Å². The summed E-state index contributed by atoms with van der Waals surface area (Å²) in [6.07, 6.45) is 2.74. The number of aromatic nitrogens is 2. The van der Waals surface area contributed by atoms with Crippen LogP contribution in [0.1, 0.15) is 48.5 Å². The van der Waals surface area contributed by atoms with Crippen LogP contribution in [0.25, 0.3) is 22.0 Å². The molecular weight excluding hydrogens is 474 g/mol. The van der Waals surface area contributed by atoms with Gasteiger partial charge in [0.15, 0.2) is 0 Å². The van der Waals surface area contributed by atoms with E-state index in [-0.39, 0.29) is 17.6 Å². The summed E-state index contributed by atoms with van der Waals surface area (Å²) in [5.41, 5.74) is 2.05. The zero-order chi connectivity index (χ0) is 26.7. The maximum absolute atomic E-state index is 13.3. The van der Waals surface area contributed by atoms with Crippen LogP contribution in [-0.2, 0) is 4.74 Å². The van der Waals surface area contributed by atoms with Gasteiger partial charge in [0.2, 0.25) is 0 Å². The summed E-state index contributed by atoms with van der Waals surface area (Å²) < 4.78 is 5.45. The first-order chi connectivity index (χ1) is 17.6. The quantitative estimate of drug-likeness (QED) is 0.555. The van der Waals surface area contributed by atoms with Crippen molar-refractivity contribution in [3.8, 4) is 11.1 Å². The zero-order valence-corrected chi connectivity index (χ0v) is 21.5. The van der Waals surface area contributed by atoms with E-state index >= 15 is 0 Å². The fourth-order valence-corrected chi connectivity index (χ4v) is 4.25. The molecule has 1 saturated heterocycles. The summed E-state index contributed by atoms with van der Waals surface area (Å²) in [7, 11) is 0. The fourth-order valence-electron chi connectivity index (χ4n) is 4.25. The molecule has 0 atom stereocenters. The summed E-state index contributed by atoms with van der Waals surface area (Å²) in [6.45, 7) is 9.80. The molecule has 2 aromatic heterocycles. The van der Waals surface area contributed by atoms with Crippen LogP contribution in [0, 0.1) is 0 Å². The van der Waals surface area contributed by atoms with Gasteiger partial charge >= 0.3 is 12.1 Å². The Morgan fingerprint density at radius 3 is 2.30 bits per heavy atom. The molecule has 0 aliphatic carbocycles. The number of piperazine rings is 1. The molecule has 194 valence electrons. The normalized spacial score (nSPS) is 14.4. The number of carboxylic acid groups (broad SMARTS) is 1. The first-order valence-electron chi connectivity index (χ1n) is 12.2.